The van der Waals surface area contributed by atoms with E-state index < -0.39 is 7.12 Å². The molecule has 0 saturated heterocycles. The van der Waals surface area contributed by atoms with Crippen LogP contribution in [0.15, 0.2) is 24.3 Å². The minimum Gasteiger partial charge on any atom is -0.492 e. The second kappa shape index (κ2) is 8.96. The molecule has 0 saturated carbocycles. The van der Waals surface area contributed by atoms with Crippen LogP contribution in [0.1, 0.15) is 26.2 Å². The molecule has 19 heavy (non-hydrogen) atoms. The molecule has 0 aliphatic heterocycles. The summed E-state index contributed by atoms with van der Waals surface area (Å²) in [6.07, 6.45) is 3.75. The minimum absolute atomic E-state index is 0.476. The molecule has 0 radical (unpaired) electrons. The molecule has 106 valence electrons. The van der Waals surface area contributed by atoms with Gasteiger partial charge >= 0.3 is 7.12 Å². The number of hydrogen-bond donors (Lipinski definition) is 2. The zero-order valence-corrected chi connectivity index (χ0v) is 11.9. The quantitative estimate of drug-likeness (QED) is 0.514. The molecule has 0 spiro atoms. The molecule has 0 atom stereocenters. The second-order valence-corrected chi connectivity index (χ2v) is 4.80. The zero-order chi connectivity index (χ0) is 14.1. The van der Waals surface area contributed by atoms with E-state index in [2.05, 4.69) is 18.9 Å². The summed E-state index contributed by atoms with van der Waals surface area (Å²) in [5.41, 5.74) is 0.476. The van der Waals surface area contributed by atoms with Gasteiger partial charge in [-0.1, -0.05) is 31.9 Å². The lowest BCUT2D eigenvalue weighted by Crippen LogP contribution is -2.29. The number of benzene rings is 1. The van der Waals surface area contributed by atoms with Gasteiger partial charge in [-0.15, -0.1) is 0 Å². The van der Waals surface area contributed by atoms with Gasteiger partial charge in [0.15, 0.2) is 0 Å². The third-order valence-electron chi connectivity index (χ3n) is 3.06. The Morgan fingerprint density at radius 3 is 2.37 bits per heavy atom. The number of unbranched alkanes of at least 4 members (excludes halogenated alkanes) is 2. The Bertz CT molecular complexity index is 343. The summed E-state index contributed by atoms with van der Waals surface area (Å²) in [5.74, 6) is 0.756. The van der Waals surface area contributed by atoms with E-state index in [-0.39, 0.29) is 0 Å². The van der Waals surface area contributed by atoms with Crippen LogP contribution >= 0.6 is 0 Å². The van der Waals surface area contributed by atoms with Crippen LogP contribution in [0.5, 0.6) is 5.75 Å². The first-order valence-corrected chi connectivity index (χ1v) is 6.91. The van der Waals surface area contributed by atoms with Crippen molar-refractivity contribution in [2.75, 3.05) is 26.7 Å². The Balaban J connectivity index is 2.21. The average Bonchev–Trinajstić information content (AvgIpc) is 2.39. The standard InChI is InChI=1S/C14H24BNO3/c1-3-4-5-10-16(2)11-12-19-14-8-6-13(7-9-14)15(17)18/h6-9,17-18H,3-5,10-12H2,1-2H3. The third kappa shape index (κ3) is 6.62. The summed E-state index contributed by atoms with van der Waals surface area (Å²) in [4.78, 5) is 2.27. The van der Waals surface area contributed by atoms with Crippen molar-refractivity contribution in [1.82, 2.24) is 4.90 Å². The monoisotopic (exact) mass is 265 g/mol. The van der Waals surface area contributed by atoms with E-state index in [0.29, 0.717) is 12.1 Å². The molecule has 0 unspecified atom stereocenters. The summed E-state index contributed by atoms with van der Waals surface area (Å²) in [7, 11) is 0.684. The van der Waals surface area contributed by atoms with Crippen LogP contribution in [0.4, 0.5) is 0 Å². The van der Waals surface area contributed by atoms with E-state index in [1.165, 1.54) is 19.3 Å². The van der Waals surface area contributed by atoms with Gasteiger partial charge in [-0.2, -0.15) is 0 Å². The molecule has 0 aliphatic carbocycles. The predicted molar refractivity (Wildman–Crippen MR) is 78.8 cm³/mol. The van der Waals surface area contributed by atoms with E-state index in [0.717, 1.165) is 18.8 Å². The SMILES string of the molecule is CCCCCN(C)CCOc1ccc(B(O)O)cc1. The molecular weight excluding hydrogens is 241 g/mol. The number of hydrogen-bond acceptors (Lipinski definition) is 4. The van der Waals surface area contributed by atoms with E-state index in [4.69, 9.17) is 14.8 Å². The third-order valence-corrected chi connectivity index (χ3v) is 3.06. The molecule has 0 fully saturated rings. The normalized spacial score (nSPS) is 10.8. The zero-order valence-electron chi connectivity index (χ0n) is 11.9. The fourth-order valence-electron chi connectivity index (χ4n) is 1.80. The van der Waals surface area contributed by atoms with Crippen molar-refractivity contribution in [1.29, 1.82) is 0 Å². The maximum absolute atomic E-state index is 8.97. The van der Waals surface area contributed by atoms with E-state index in [1.807, 2.05) is 0 Å². The Morgan fingerprint density at radius 2 is 1.79 bits per heavy atom. The molecule has 1 rings (SSSR count). The van der Waals surface area contributed by atoms with Gasteiger partial charge in [-0.3, -0.25) is 0 Å². The number of rotatable bonds is 9. The van der Waals surface area contributed by atoms with Crippen LogP contribution in [0.3, 0.4) is 0 Å². The molecule has 0 aliphatic rings. The van der Waals surface area contributed by atoms with Crippen LogP contribution in [-0.2, 0) is 0 Å². The highest BCUT2D eigenvalue weighted by Crippen LogP contribution is 2.07. The first kappa shape index (κ1) is 16.0. The molecular formula is C14H24BNO3. The van der Waals surface area contributed by atoms with Crippen molar-refractivity contribution in [3.05, 3.63) is 24.3 Å². The highest BCUT2D eigenvalue weighted by molar-refractivity contribution is 6.58. The van der Waals surface area contributed by atoms with Crippen LogP contribution in [-0.4, -0.2) is 48.8 Å². The first-order chi connectivity index (χ1) is 9.13. The van der Waals surface area contributed by atoms with Crippen LogP contribution in [0, 0.1) is 0 Å². The van der Waals surface area contributed by atoms with E-state index in [1.54, 1.807) is 24.3 Å². The van der Waals surface area contributed by atoms with Gasteiger partial charge in [-0.25, -0.2) is 0 Å². The Hall–Kier alpha value is -1.04. The second-order valence-electron chi connectivity index (χ2n) is 4.80. The summed E-state index contributed by atoms with van der Waals surface area (Å²) < 4.78 is 5.61. The van der Waals surface area contributed by atoms with Crippen molar-refractivity contribution in [2.24, 2.45) is 0 Å². The van der Waals surface area contributed by atoms with Gasteiger partial charge in [0, 0.05) is 6.54 Å². The molecule has 0 amide bonds. The Labute approximate surface area is 116 Å². The number of ether oxygens (including phenoxy) is 1. The Morgan fingerprint density at radius 1 is 1.11 bits per heavy atom. The lowest BCUT2D eigenvalue weighted by Gasteiger charge is -2.16. The molecule has 1 aromatic rings. The summed E-state index contributed by atoms with van der Waals surface area (Å²) >= 11 is 0. The van der Waals surface area contributed by atoms with Gasteiger partial charge in [0.1, 0.15) is 12.4 Å². The van der Waals surface area contributed by atoms with Crippen molar-refractivity contribution in [2.45, 2.75) is 26.2 Å². The largest absolute Gasteiger partial charge is 0.492 e. The molecule has 0 aromatic heterocycles. The molecule has 2 N–H and O–H groups in total. The maximum Gasteiger partial charge on any atom is 0.488 e. The number of nitrogens with zero attached hydrogens (tertiary/aromatic N) is 1. The van der Waals surface area contributed by atoms with Crippen molar-refractivity contribution in [3.8, 4) is 5.75 Å². The molecule has 5 heteroatoms. The van der Waals surface area contributed by atoms with E-state index >= 15 is 0 Å². The fourth-order valence-corrected chi connectivity index (χ4v) is 1.80. The minimum atomic E-state index is -1.42. The summed E-state index contributed by atoms with van der Waals surface area (Å²) in [6, 6.07) is 6.83. The molecule has 0 bridgehead atoms. The van der Waals surface area contributed by atoms with Crippen molar-refractivity contribution < 1.29 is 14.8 Å². The van der Waals surface area contributed by atoms with E-state index in [9.17, 15) is 0 Å². The summed E-state index contributed by atoms with van der Waals surface area (Å²) in [5, 5.41) is 17.9. The highest BCUT2D eigenvalue weighted by Gasteiger charge is 2.09. The van der Waals surface area contributed by atoms with Crippen LogP contribution in [0.25, 0.3) is 0 Å². The van der Waals surface area contributed by atoms with Gasteiger partial charge in [-0.05, 0) is 37.6 Å². The molecule has 1 aromatic carbocycles. The van der Waals surface area contributed by atoms with Crippen molar-refractivity contribution in [3.63, 3.8) is 0 Å². The fraction of sp³-hybridized carbons (Fsp3) is 0.571. The maximum atomic E-state index is 8.97. The Kier molecular flexibility index (Phi) is 7.56. The highest BCUT2D eigenvalue weighted by atomic mass is 16.5. The van der Waals surface area contributed by atoms with Gasteiger partial charge in [0.05, 0.1) is 0 Å². The topological polar surface area (TPSA) is 52.9 Å². The first-order valence-electron chi connectivity index (χ1n) is 6.91. The van der Waals surface area contributed by atoms with Crippen molar-refractivity contribution >= 4 is 12.6 Å². The van der Waals surface area contributed by atoms with Gasteiger partial charge < -0.3 is 19.7 Å². The predicted octanol–water partition coefficient (Wildman–Crippen LogP) is 0.867. The van der Waals surface area contributed by atoms with Gasteiger partial charge in [0.2, 0.25) is 0 Å². The lowest BCUT2D eigenvalue weighted by atomic mass is 9.80. The number of likely N-dealkylation sites (N-methyl/N-ethyl adjacent to an activating group) is 1. The molecule has 0 heterocycles. The van der Waals surface area contributed by atoms with Crippen LogP contribution in [0.2, 0.25) is 0 Å². The average molecular weight is 265 g/mol. The van der Waals surface area contributed by atoms with Crippen LogP contribution < -0.4 is 10.2 Å². The smallest absolute Gasteiger partial charge is 0.488 e. The molecule has 4 nitrogen and oxygen atoms in total. The lowest BCUT2D eigenvalue weighted by molar-refractivity contribution is 0.235. The van der Waals surface area contributed by atoms with Gasteiger partial charge in [0.25, 0.3) is 0 Å². The summed E-state index contributed by atoms with van der Waals surface area (Å²) in [6.45, 7) is 4.85.